The third kappa shape index (κ3) is 5.10. The number of nitrogens with one attached hydrogen (secondary N) is 2. The number of ether oxygens (including phenoxy) is 3. The van der Waals surface area contributed by atoms with Gasteiger partial charge in [0.2, 0.25) is 5.95 Å². The van der Waals surface area contributed by atoms with Gasteiger partial charge in [-0.05, 0) is 43.5 Å². The van der Waals surface area contributed by atoms with E-state index in [1.54, 1.807) is 20.3 Å². The summed E-state index contributed by atoms with van der Waals surface area (Å²) in [6, 6.07) is 7.18. The second-order valence-corrected chi connectivity index (χ2v) is 6.61. The Labute approximate surface area is 164 Å². The number of methoxy groups -OCH3 is 2. The predicted molar refractivity (Wildman–Crippen MR) is 105 cm³/mol. The Bertz CT molecular complexity index is 822. The SMILES string of the molecule is COc1ccc(CNC(=O)c2cc(C)nc(NCC3CCCO3)n2)cc1OC. The Morgan fingerprint density at radius 3 is 2.75 bits per heavy atom. The maximum Gasteiger partial charge on any atom is 0.270 e. The minimum absolute atomic E-state index is 0.173. The molecule has 8 heteroatoms. The first kappa shape index (κ1) is 19.9. The summed E-state index contributed by atoms with van der Waals surface area (Å²) >= 11 is 0. The maximum absolute atomic E-state index is 12.6. The molecule has 2 aromatic rings. The van der Waals surface area contributed by atoms with Gasteiger partial charge in [0.15, 0.2) is 11.5 Å². The van der Waals surface area contributed by atoms with E-state index in [0.717, 1.165) is 30.7 Å². The molecule has 1 atom stereocenters. The van der Waals surface area contributed by atoms with Crippen LogP contribution in [-0.2, 0) is 11.3 Å². The molecule has 1 saturated heterocycles. The van der Waals surface area contributed by atoms with Crippen molar-refractivity contribution in [3.05, 3.63) is 41.2 Å². The molecule has 1 fully saturated rings. The highest BCUT2D eigenvalue weighted by Crippen LogP contribution is 2.27. The maximum atomic E-state index is 12.6. The van der Waals surface area contributed by atoms with Crippen molar-refractivity contribution in [1.29, 1.82) is 0 Å². The lowest BCUT2D eigenvalue weighted by molar-refractivity contribution is 0.0945. The first-order valence-electron chi connectivity index (χ1n) is 9.29. The average Bonchev–Trinajstić information content (AvgIpc) is 3.23. The summed E-state index contributed by atoms with van der Waals surface area (Å²) in [5, 5.41) is 6.04. The number of aromatic nitrogens is 2. The van der Waals surface area contributed by atoms with E-state index in [0.29, 0.717) is 36.2 Å². The molecule has 0 radical (unpaired) electrons. The lowest BCUT2D eigenvalue weighted by Gasteiger charge is -2.12. The lowest BCUT2D eigenvalue weighted by atomic mass is 10.2. The molecular weight excluding hydrogens is 360 g/mol. The predicted octanol–water partition coefficient (Wildman–Crippen LogP) is 2.32. The van der Waals surface area contributed by atoms with Crippen LogP contribution in [0.5, 0.6) is 11.5 Å². The number of aryl methyl sites for hydroxylation is 1. The van der Waals surface area contributed by atoms with Crippen molar-refractivity contribution in [2.75, 3.05) is 32.7 Å². The van der Waals surface area contributed by atoms with Gasteiger partial charge in [0.1, 0.15) is 5.69 Å². The van der Waals surface area contributed by atoms with Crippen LogP contribution in [0.4, 0.5) is 5.95 Å². The van der Waals surface area contributed by atoms with E-state index in [4.69, 9.17) is 14.2 Å². The smallest absolute Gasteiger partial charge is 0.270 e. The molecule has 1 aromatic heterocycles. The van der Waals surface area contributed by atoms with Crippen LogP contribution in [0.1, 0.15) is 34.6 Å². The Hall–Kier alpha value is -2.87. The van der Waals surface area contributed by atoms with Crippen LogP contribution in [0.25, 0.3) is 0 Å². The third-order valence-corrected chi connectivity index (χ3v) is 4.50. The van der Waals surface area contributed by atoms with Gasteiger partial charge in [0.25, 0.3) is 5.91 Å². The van der Waals surface area contributed by atoms with Crippen molar-refractivity contribution >= 4 is 11.9 Å². The van der Waals surface area contributed by atoms with Gasteiger partial charge < -0.3 is 24.8 Å². The Kier molecular flexibility index (Phi) is 6.65. The van der Waals surface area contributed by atoms with Gasteiger partial charge >= 0.3 is 0 Å². The summed E-state index contributed by atoms with van der Waals surface area (Å²) in [6.07, 6.45) is 2.27. The molecule has 0 bridgehead atoms. The highest BCUT2D eigenvalue weighted by Gasteiger charge is 2.16. The summed E-state index contributed by atoms with van der Waals surface area (Å²) in [4.78, 5) is 21.2. The Morgan fingerprint density at radius 2 is 2.04 bits per heavy atom. The van der Waals surface area contributed by atoms with Crippen LogP contribution in [-0.4, -0.2) is 49.4 Å². The fraction of sp³-hybridized carbons (Fsp3) is 0.450. The minimum atomic E-state index is -0.263. The number of anilines is 1. The number of hydrogen-bond acceptors (Lipinski definition) is 7. The fourth-order valence-electron chi connectivity index (χ4n) is 3.04. The molecule has 28 heavy (non-hydrogen) atoms. The zero-order valence-electron chi connectivity index (χ0n) is 16.4. The monoisotopic (exact) mass is 386 g/mol. The third-order valence-electron chi connectivity index (χ3n) is 4.50. The number of nitrogens with zero attached hydrogens (tertiary/aromatic N) is 2. The van der Waals surface area contributed by atoms with E-state index < -0.39 is 0 Å². The molecule has 0 spiro atoms. The summed E-state index contributed by atoms with van der Waals surface area (Å²) in [5.41, 5.74) is 1.94. The van der Waals surface area contributed by atoms with Gasteiger partial charge in [-0.25, -0.2) is 9.97 Å². The van der Waals surface area contributed by atoms with E-state index in [9.17, 15) is 4.79 Å². The molecule has 1 aliphatic heterocycles. The van der Waals surface area contributed by atoms with Crippen LogP contribution < -0.4 is 20.1 Å². The second-order valence-electron chi connectivity index (χ2n) is 6.61. The zero-order valence-corrected chi connectivity index (χ0v) is 16.4. The molecule has 3 rings (SSSR count). The van der Waals surface area contributed by atoms with E-state index in [1.165, 1.54) is 0 Å². The summed E-state index contributed by atoms with van der Waals surface area (Å²) in [5.74, 6) is 1.44. The van der Waals surface area contributed by atoms with Gasteiger partial charge in [0.05, 0.1) is 20.3 Å². The van der Waals surface area contributed by atoms with Gasteiger partial charge in [0, 0.05) is 25.4 Å². The van der Waals surface area contributed by atoms with Crippen LogP contribution in [0.3, 0.4) is 0 Å². The number of rotatable bonds is 8. The first-order chi connectivity index (χ1) is 13.6. The normalized spacial score (nSPS) is 15.9. The highest BCUT2D eigenvalue weighted by molar-refractivity contribution is 5.92. The number of amides is 1. The van der Waals surface area contributed by atoms with Crippen LogP contribution in [0.2, 0.25) is 0 Å². The minimum Gasteiger partial charge on any atom is -0.493 e. The van der Waals surface area contributed by atoms with E-state index >= 15 is 0 Å². The van der Waals surface area contributed by atoms with E-state index in [-0.39, 0.29) is 12.0 Å². The number of hydrogen-bond donors (Lipinski definition) is 2. The second kappa shape index (κ2) is 9.36. The van der Waals surface area contributed by atoms with Crippen LogP contribution >= 0.6 is 0 Å². The van der Waals surface area contributed by atoms with Gasteiger partial charge in [-0.1, -0.05) is 6.07 Å². The largest absolute Gasteiger partial charge is 0.493 e. The standard InChI is InChI=1S/C20H26N4O4/c1-13-9-16(24-20(23-13)22-12-15-5-4-8-28-15)19(25)21-11-14-6-7-17(26-2)18(10-14)27-3/h6-7,9-10,15H,4-5,8,11-12H2,1-3H3,(H,21,25)(H,22,23,24). The van der Waals surface area contributed by atoms with Gasteiger partial charge in [-0.15, -0.1) is 0 Å². The van der Waals surface area contributed by atoms with E-state index in [2.05, 4.69) is 20.6 Å². The molecule has 0 aliphatic carbocycles. The van der Waals surface area contributed by atoms with Gasteiger partial charge in [-0.3, -0.25) is 4.79 Å². The van der Waals surface area contributed by atoms with Crippen molar-refractivity contribution in [3.63, 3.8) is 0 Å². The van der Waals surface area contributed by atoms with Crippen molar-refractivity contribution in [2.45, 2.75) is 32.4 Å². The molecule has 1 aromatic carbocycles. The molecule has 1 unspecified atom stereocenters. The first-order valence-corrected chi connectivity index (χ1v) is 9.29. The van der Waals surface area contributed by atoms with E-state index in [1.807, 2.05) is 25.1 Å². The molecule has 150 valence electrons. The van der Waals surface area contributed by atoms with Crippen molar-refractivity contribution in [3.8, 4) is 11.5 Å². The summed E-state index contributed by atoms with van der Waals surface area (Å²) < 4.78 is 16.1. The summed E-state index contributed by atoms with van der Waals surface area (Å²) in [7, 11) is 3.16. The highest BCUT2D eigenvalue weighted by atomic mass is 16.5. The zero-order chi connectivity index (χ0) is 19.9. The fourth-order valence-corrected chi connectivity index (χ4v) is 3.04. The van der Waals surface area contributed by atoms with Crippen LogP contribution in [0, 0.1) is 6.92 Å². The molecule has 0 saturated carbocycles. The molecule has 8 nitrogen and oxygen atoms in total. The van der Waals surface area contributed by atoms with Gasteiger partial charge in [-0.2, -0.15) is 0 Å². The molecule has 2 N–H and O–H groups in total. The number of carbonyl (C=O) groups excluding carboxylic acids is 1. The Morgan fingerprint density at radius 1 is 1.21 bits per heavy atom. The molecular formula is C20H26N4O4. The van der Waals surface area contributed by atoms with Crippen LogP contribution in [0.15, 0.2) is 24.3 Å². The van der Waals surface area contributed by atoms with Crippen molar-refractivity contribution in [1.82, 2.24) is 15.3 Å². The molecule has 1 amide bonds. The molecule has 2 heterocycles. The summed E-state index contributed by atoms with van der Waals surface area (Å²) in [6.45, 7) is 3.62. The Balaban J connectivity index is 1.62. The average molecular weight is 386 g/mol. The molecule has 1 aliphatic rings. The topological polar surface area (TPSA) is 94.6 Å². The van der Waals surface area contributed by atoms with Crippen molar-refractivity contribution < 1.29 is 19.0 Å². The lowest BCUT2D eigenvalue weighted by Crippen LogP contribution is -2.25. The number of carbonyl (C=O) groups is 1. The number of benzene rings is 1. The van der Waals surface area contributed by atoms with Crippen molar-refractivity contribution in [2.24, 2.45) is 0 Å². The quantitative estimate of drug-likeness (QED) is 0.719.